The Bertz CT molecular complexity index is 695. The number of aryl methyl sites for hydroxylation is 2. The molecule has 1 unspecified atom stereocenters. The number of carbonyl (C=O) groups is 1. The summed E-state index contributed by atoms with van der Waals surface area (Å²) in [4.78, 5) is 14.5. The fourth-order valence-corrected chi connectivity index (χ4v) is 3.17. The number of likely N-dealkylation sites (tertiary alicyclic amines) is 1. The molecule has 0 radical (unpaired) electrons. The first-order valence-electron chi connectivity index (χ1n) is 7.83. The molecule has 0 saturated carbocycles. The quantitative estimate of drug-likeness (QED) is 0.943. The second kappa shape index (κ2) is 6.50. The fraction of sp³-hybridized carbons (Fsp3) is 0.412. The van der Waals surface area contributed by atoms with Gasteiger partial charge in [0.05, 0.1) is 12.2 Å². The molecule has 0 aliphatic carbocycles. The van der Waals surface area contributed by atoms with Crippen LogP contribution < -0.4 is 5.32 Å². The third-order valence-corrected chi connectivity index (χ3v) is 4.23. The van der Waals surface area contributed by atoms with Crippen LogP contribution in [0.1, 0.15) is 30.1 Å². The molecular formula is C17H21FN4O. The van der Waals surface area contributed by atoms with Crippen molar-refractivity contribution in [3.8, 4) is 0 Å². The van der Waals surface area contributed by atoms with Gasteiger partial charge in [-0.2, -0.15) is 5.10 Å². The highest BCUT2D eigenvalue weighted by Gasteiger charge is 2.27. The summed E-state index contributed by atoms with van der Waals surface area (Å²) in [6.45, 7) is 3.09. The first kappa shape index (κ1) is 15.7. The van der Waals surface area contributed by atoms with Gasteiger partial charge in [-0.15, -0.1) is 0 Å². The van der Waals surface area contributed by atoms with Crippen molar-refractivity contribution in [2.75, 3.05) is 18.4 Å². The average molecular weight is 316 g/mol. The smallest absolute Gasteiger partial charge is 0.239 e. The summed E-state index contributed by atoms with van der Waals surface area (Å²) in [5.41, 5.74) is 1.93. The Hall–Kier alpha value is -2.21. The highest BCUT2D eigenvalue weighted by molar-refractivity contribution is 5.91. The second-order valence-corrected chi connectivity index (χ2v) is 6.02. The third-order valence-electron chi connectivity index (χ3n) is 4.23. The van der Waals surface area contributed by atoms with Gasteiger partial charge in [0.2, 0.25) is 5.91 Å². The van der Waals surface area contributed by atoms with Crippen LogP contribution >= 0.6 is 0 Å². The molecule has 1 saturated heterocycles. The van der Waals surface area contributed by atoms with Crippen molar-refractivity contribution in [2.24, 2.45) is 7.05 Å². The Kier molecular flexibility index (Phi) is 4.43. The Morgan fingerprint density at radius 2 is 2.13 bits per heavy atom. The molecular weight excluding hydrogens is 295 g/mol. The summed E-state index contributed by atoms with van der Waals surface area (Å²) in [7, 11) is 1.81. The van der Waals surface area contributed by atoms with E-state index in [1.807, 2.05) is 13.0 Å². The minimum absolute atomic E-state index is 0.0537. The Balaban J connectivity index is 1.65. The van der Waals surface area contributed by atoms with Gasteiger partial charge in [-0.05, 0) is 44.0 Å². The van der Waals surface area contributed by atoms with Gasteiger partial charge >= 0.3 is 0 Å². The third kappa shape index (κ3) is 3.59. The lowest BCUT2D eigenvalue weighted by atomic mass is 10.0. The number of benzene rings is 1. The first-order chi connectivity index (χ1) is 11.0. The molecule has 1 aliphatic rings. The standard InChI is InChI=1S/C17H21FN4O/c1-12-10-16(21(2)20-12)19-17(23)11-22-9-3-4-15(22)13-5-7-14(18)8-6-13/h5-8,10,15H,3-4,9,11H2,1-2H3,(H,19,23). The molecule has 3 rings (SSSR count). The van der Waals surface area contributed by atoms with Crippen LogP contribution in [0.2, 0.25) is 0 Å². The van der Waals surface area contributed by atoms with Crippen LogP contribution in [0.4, 0.5) is 10.2 Å². The van der Waals surface area contributed by atoms with Crippen LogP contribution in [0, 0.1) is 12.7 Å². The van der Waals surface area contributed by atoms with Crippen LogP contribution in [0.3, 0.4) is 0 Å². The van der Waals surface area contributed by atoms with E-state index in [9.17, 15) is 9.18 Å². The maximum Gasteiger partial charge on any atom is 0.239 e. The molecule has 1 aliphatic heterocycles. The van der Waals surface area contributed by atoms with Crippen molar-refractivity contribution >= 4 is 11.7 Å². The van der Waals surface area contributed by atoms with Crippen LogP contribution in [0.15, 0.2) is 30.3 Å². The van der Waals surface area contributed by atoms with Gasteiger partial charge in [0.1, 0.15) is 11.6 Å². The van der Waals surface area contributed by atoms with Gasteiger partial charge < -0.3 is 5.32 Å². The molecule has 122 valence electrons. The Labute approximate surface area is 135 Å². The number of hydrogen-bond donors (Lipinski definition) is 1. The first-order valence-corrected chi connectivity index (χ1v) is 7.83. The van der Waals surface area contributed by atoms with E-state index in [0.29, 0.717) is 12.4 Å². The molecule has 2 aromatic rings. The summed E-state index contributed by atoms with van der Waals surface area (Å²) < 4.78 is 14.7. The molecule has 1 aromatic carbocycles. The maximum absolute atomic E-state index is 13.1. The van der Waals surface area contributed by atoms with E-state index < -0.39 is 0 Å². The van der Waals surface area contributed by atoms with Crippen LogP contribution in [-0.4, -0.2) is 33.7 Å². The lowest BCUT2D eigenvalue weighted by molar-refractivity contribution is -0.117. The van der Waals surface area contributed by atoms with Crippen molar-refractivity contribution in [1.29, 1.82) is 0 Å². The zero-order valence-corrected chi connectivity index (χ0v) is 13.4. The molecule has 1 N–H and O–H groups in total. The number of amides is 1. The molecule has 5 nitrogen and oxygen atoms in total. The number of hydrogen-bond acceptors (Lipinski definition) is 3. The average Bonchev–Trinajstić information content (AvgIpc) is 3.07. The predicted octanol–water partition coefficient (Wildman–Crippen LogP) is 2.64. The number of halogens is 1. The zero-order valence-electron chi connectivity index (χ0n) is 13.4. The molecule has 0 bridgehead atoms. The number of carbonyl (C=O) groups excluding carboxylic acids is 1. The van der Waals surface area contributed by atoms with Gasteiger partial charge in [-0.1, -0.05) is 12.1 Å². The normalized spacial score (nSPS) is 18.3. The zero-order chi connectivity index (χ0) is 16.4. The summed E-state index contributed by atoms with van der Waals surface area (Å²) >= 11 is 0. The van der Waals surface area contributed by atoms with Gasteiger partial charge in [-0.25, -0.2) is 4.39 Å². The van der Waals surface area contributed by atoms with E-state index in [-0.39, 0.29) is 17.8 Å². The highest BCUT2D eigenvalue weighted by Crippen LogP contribution is 2.31. The monoisotopic (exact) mass is 316 g/mol. The molecule has 0 spiro atoms. The second-order valence-electron chi connectivity index (χ2n) is 6.02. The number of anilines is 1. The van der Waals surface area contributed by atoms with Crippen molar-refractivity contribution in [1.82, 2.24) is 14.7 Å². The van der Waals surface area contributed by atoms with Crippen LogP contribution in [0.5, 0.6) is 0 Å². The topological polar surface area (TPSA) is 50.2 Å². The van der Waals surface area contributed by atoms with E-state index in [2.05, 4.69) is 15.3 Å². The van der Waals surface area contributed by atoms with E-state index >= 15 is 0 Å². The lowest BCUT2D eigenvalue weighted by Crippen LogP contribution is -2.33. The van der Waals surface area contributed by atoms with E-state index in [1.165, 1.54) is 12.1 Å². The molecule has 1 fully saturated rings. The summed E-state index contributed by atoms with van der Waals surface area (Å²) in [5.74, 6) is 0.412. The molecule has 2 heterocycles. The lowest BCUT2D eigenvalue weighted by Gasteiger charge is -2.24. The molecule has 1 aromatic heterocycles. The minimum atomic E-state index is -0.234. The van der Waals surface area contributed by atoms with Crippen LogP contribution in [0.25, 0.3) is 0 Å². The number of rotatable bonds is 4. The number of nitrogens with zero attached hydrogens (tertiary/aromatic N) is 3. The number of nitrogens with one attached hydrogen (secondary N) is 1. The van der Waals surface area contributed by atoms with Gasteiger partial charge in [0, 0.05) is 19.2 Å². The Morgan fingerprint density at radius 3 is 2.78 bits per heavy atom. The van der Waals surface area contributed by atoms with Crippen molar-refractivity contribution in [2.45, 2.75) is 25.8 Å². The van der Waals surface area contributed by atoms with Crippen LogP contribution in [-0.2, 0) is 11.8 Å². The van der Waals surface area contributed by atoms with Crippen molar-refractivity contribution < 1.29 is 9.18 Å². The van der Waals surface area contributed by atoms with Gasteiger partial charge in [0.25, 0.3) is 0 Å². The van der Waals surface area contributed by atoms with E-state index in [1.54, 1.807) is 23.9 Å². The predicted molar refractivity (Wildman–Crippen MR) is 86.5 cm³/mol. The number of aromatic nitrogens is 2. The highest BCUT2D eigenvalue weighted by atomic mass is 19.1. The SMILES string of the molecule is Cc1cc(NC(=O)CN2CCCC2c2ccc(F)cc2)n(C)n1. The molecule has 1 atom stereocenters. The summed E-state index contributed by atoms with van der Waals surface area (Å²) in [5, 5.41) is 7.12. The van der Waals surface area contributed by atoms with Gasteiger partial charge in [0.15, 0.2) is 0 Å². The van der Waals surface area contributed by atoms with E-state index in [4.69, 9.17) is 0 Å². The van der Waals surface area contributed by atoms with Crippen molar-refractivity contribution in [3.63, 3.8) is 0 Å². The largest absolute Gasteiger partial charge is 0.310 e. The Morgan fingerprint density at radius 1 is 1.39 bits per heavy atom. The van der Waals surface area contributed by atoms with Crippen molar-refractivity contribution in [3.05, 3.63) is 47.4 Å². The molecule has 1 amide bonds. The summed E-state index contributed by atoms with van der Waals surface area (Å²) in [6.07, 6.45) is 2.03. The summed E-state index contributed by atoms with van der Waals surface area (Å²) in [6, 6.07) is 8.59. The maximum atomic E-state index is 13.1. The van der Waals surface area contributed by atoms with E-state index in [0.717, 1.165) is 30.6 Å². The van der Waals surface area contributed by atoms with Gasteiger partial charge in [-0.3, -0.25) is 14.4 Å². The molecule has 23 heavy (non-hydrogen) atoms. The molecule has 6 heteroatoms. The minimum Gasteiger partial charge on any atom is -0.310 e. The fourth-order valence-electron chi connectivity index (χ4n) is 3.17.